The van der Waals surface area contributed by atoms with Crippen LogP contribution in [0.15, 0.2) is 4.99 Å². The van der Waals surface area contributed by atoms with Crippen molar-refractivity contribution < 1.29 is 39.6 Å². The van der Waals surface area contributed by atoms with E-state index in [9.17, 15) is 19.2 Å². The Bertz CT molecular complexity index is 455. The molecule has 0 spiro atoms. The SMILES string of the molecule is NC(N)=NCC(=O)O.NCC(=O)O.NCCC(=O)O.NCCCCCC(=O)O. The molecule has 166 valence electrons. The summed E-state index contributed by atoms with van der Waals surface area (Å²) in [6.07, 6.45) is 2.97. The summed E-state index contributed by atoms with van der Waals surface area (Å²) in [5, 5.41) is 31.6. The van der Waals surface area contributed by atoms with Crippen molar-refractivity contribution in [2.45, 2.75) is 32.1 Å². The summed E-state index contributed by atoms with van der Waals surface area (Å²) in [5.74, 6) is -3.76. The minimum Gasteiger partial charge on any atom is -0.481 e. The quantitative estimate of drug-likeness (QED) is 0.101. The summed E-state index contributed by atoms with van der Waals surface area (Å²) in [6, 6.07) is 0. The smallest absolute Gasteiger partial charge is 0.325 e. The molecule has 0 aliphatic rings. The summed E-state index contributed by atoms with van der Waals surface area (Å²) < 4.78 is 0. The Kier molecular flexibility index (Phi) is 30.7. The summed E-state index contributed by atoms with van der Waals surface area (Å²) >= 11 is 0. The first-order valence-corrected chi connectivity index (χ1v) is 7.97. The molecule has 0 atom stereocenters. The minimum absolute atomic E-state index is 0.0694. The van der Waals surface area contributed by atoms with Gasteiger partial charge in [0.25, 0.3) is 0 Å². The molecular formula is C14H32N6O8. The number of hydrogen-bond acceptors (Lipinski definition) is 8. The number of hydrogen-bond donors (Lipinski definition) is 9. The fourth-order valence-corrected chi connectivity index (χ4v) is 0.880. The van der Waals surface area contributed by atoms with E-state index < -0.39 is 23.9 Å². The standard InChI is InChI=1S/C6H13NO2.C3H7N3O2.C3H7NO2.C2H5NO2/c7-5-3-1-2-4-6(8)9;4-3(5)6-1-2(7)8;4-2-1-3(5)6;3-1-2(4)5/h1-5,7H2,(H,8,9);1H2,(H,7,8)(H4,4,5,6);1-2,4H2,(H,5,6);1,3H2,(H,4,5). The third kappa shape index (κ3) is 65.8. The topological polar surface area (TPSA) is 292 Å². The molecule has 0 aliphatic heterocycles. The lowest BCUT2D eigenvalue weighted by Gasteiger charge is -1.93. The minimum atomic E-state index is -1.04. The van der Waals surface area contributed by atoms with Gasteiger partial charge in [-0.1, -0.05) is 6.42 Å². The second kappa shape index (κ2) is 26.3. The molecule has 0 heterocycles. The average Bonchev–Trinajstić information content (AvgIpc) is 2.58. The lowest BCUT2D eigenvalue weighted by molar-refractivity contribution is -0.138. The van der Waals surface area contributed by atoms with E-state index in [4.69, 9.17) is 43.4 Å². The predicted octanol–water partition coefficient (Wildman–Crippen LogP) is -2.62. The molecule has 0 aromatic carbocycles. The van der Waals surface area contributed by atoms with Crippen molar-refractivity contribution in [2.75, 3.05) is 26.2 Å². The number of rotatable bonds is 10. The molecule has 0 saturated carbocycles. The maximum atomic E-state index is 9.93. The molecule has 14 nitrogen and oxygen atoms in total. The third-order valence-electron chi connectivity index (χ3n) is 2.02. The first-order chi connectivity index (χ1) is 12.9. The number of nitrogens with zero attached hydrogens (tertiary/aromatic N) is 1. The highest BCUT2D eigenvalue weighted by Crippen LogP contribution is 1.97. The maximum Gasteiger partial charge on any atom is 0.325 e. The van der Waals surface area contributed by atoms with Crippen LogP contribution in [0.3, 0.4) is 0 Å². The van der Waals surface area contributed by atoms with Gasteiger partial charge in [-0.05, 0) is 19.4 Å². The van der Waals surface area contributed by atoms with E-state index >= 15 is 0 Å². The Morgan fingerprint density at radius 2 is 1.11 bits per heavy atom. The van der Waals surface area contributed by atoms with Gasteiger partial charge in [0.1, 0.15) is 6.54 Å². The van der Waals surface area contributed by atoms with Crippen LogP contribution in [-0.2, 0) is 19.2 Å². The van der Waals surface area contributed by atoms with Crippen molar-refractivity contribution in [1.82, 2.24) is 0 Å². The number of guanidine groups is 1. The van der Waals surface area contributed by atoms with Gasteiger partial charge in [0.2, 0.25) is 0 Å². The van der Waals surface area contributed by atoms with E-state index in [0.717, 1.165) is 19.3 Å². The number of unbranched alkanes of at least 4 members (excludes halogenated alkanes) is 2. The maximum absolute atomic E-state index is 9.93. The molecule has 0 amide bonds. The van der Waals surface area contributed by atoms with Crippen LogP contribution in [0.25, 0.3) is 0 Å². The van der Waals surface area contributed by atoms with Crippen LogP contribution < -0.4 is 28.7 Å². The van der Waals surface area contributed by atoms with Crippen molar-refractivity contribution in [3.05, 3.63) is 0 Å². The van der Waals surface area contributed by atoms with Crippen molar-refractivity contribution in [2.24, 2.45) is 33.7 Å². The van der Waals surface area contributed by atoms with Crippen LogP contribution in [0.2, 0.25) is 0 Å². The summed E-state index contributed by atoms with van der Waals surface area (Å²) in [7, 11) is 0. The van der Waals surface area contributed by atoms with Crippen molar-refractivity contribution >= 4 is 29.8 Å². The normalized spacial score (nSPS) is 8.39. The zero-order valence-corrected chi connectivity index (χ0v) is 15.6. The fraction of sp³-hybridized carbons (Fsp3) is 0.643. The summed E-state index contributed by atoms with van der Waals surface area (Å²) in [6.45, 7) is 0.261. The van der Waals surface area contributed by atoms with Crippen LogP contribution in [0.5, 0.6) is 0 Å². The Labute approximate surface area is 162 Å². The highest BCUT2D eigenvalue weighted by atomic mass is 16.4. The number of carboxylic acids is 4. The molecule has 0 aromatic rings. The van der Waals surface area contributed by atoms with Crippen LogP contribution in [-0.4, -0.2) is 76.4 Å². The predicted molar refractivity (Wildman–Crippen MR) is 101 cm³/mol. The van der Waals surface area contributed by atoms with Gasteiger partial charge >= 0.3 is 23.9 Å². The number of aliphatic carboxylic acids is 4. The zero-order chi connectivity index (χ0) is 23.0. The van der Waals surface area contributed by atoms with Gasteiger partial charge in [-0.3, -0.25) is 19.2 Å². The van der Waals surface area contributed by atoms with Crippen LogP contribution in [0.4, 0.5) is 0 Å². The number of aliphatic imine (C=N–C) groups is 1. The molecule has 0 saturated heterocycles. The molecule has 0 radical (unpaired) electrons. The molecule has 0 rings (SSSR count). The third-order valence-corrected chi connectivity index (χ3v) is 2.02. The number of nitrogens with two attached hydrogens (primary N) is 5. The van der Waals surface area contributed by atoms with Crippen molar-refractivity contribution in [3.8, 4) is 0 Å². The van der Waals surface area contributed by atoms with Gasteiger partial charge in [0.05, 0.1) is 13.0 Å². The highest BCUT2D eigenvalue weighted by Gasteiger charge is 1.94. The zero-order valence-electron chi connectivity index (χ0n) is 15.6. The van der Waals surface area contributed by atoms with Crippen LogP contribution in [0, 0.1) is 0 Å². The molecule has 0 bridgehead atoms. The van der Waals surface area contributed by atoms with Gasteiger partial charge in [0, 0.05) is 13.0 Å². The molecule has 28 heavy (non-hydrogen) atoms. The lowest BCUT2D eigenvalue weighted by atomic mass is 10.2. The first kappa shape index (κ1) is 32.7. The number of carbonyl (C=O) groups is 4. The second-order valence-electron chi connectivity index (χ2n) is 4.66. The molecule has 0 fully saturated rings. The van der Waals surface area contributed by atoms with E-state index in [1.54, 1.807) is 0 Å². The van der Waals surface area contributed by atoms with E-state index in [1.165, 1.54) is 0 Å². The molecule has 0 aliphatic carbocycles. The lowest BCUT2D eigenvalue weighted by Crippen LogP contribution is -2.24. The van der Waals surface area contributed by atoms with E-state index in [1.807, 2.05) is 0 Å². The Hall–Kier alpha value is -2.97. The Morgan fingerprint density at radius 1 is 0.643 bits per heavy atom. The molecular weight excluding hydrogens is 380 g/mol. The van der Waals surface area contributed by atoms with E-state index in [0.29, 0.717) is 6.54 Å². The van der Waals surface area contributed by atoms with Gasteiger partial charge < -0.3 is 49.1 Å². The van der Waals surface area contributed by atoms with Crippen molar-refractivity contribution in [1.29, 1.82) is 0 Å². The molecule has 14 N–H and O–H groups in total. The summed E-state index contributed by atoms with van der Waals surface area (Å²) in [5.41, 5.74) is 24.2. The van der Waals surface area contributed by atoms with E-state index in [2.05, 4.69) is 10.7 Å². The average molecular weight is 412 g/mol. The van der Waals surface area contributed by atoms with Crippen molar-refractivity contribution in [3.63, 3.8) is 0 Å². The Balaban J connectivity index is -0.000000141. The largest absolute Gasteiger partial charge is 0.481 e. The molecule has 0 unspecified atom stereocenters. The number of carboxylic acid groups (broad SMARTS) is 4. The fourth-order valence-electron chi connectivity index (χ4n) is 0.880. The van der Waals surface area contributed by atoms with E-state index in [-0.39, 0.29) is 38.4 Å². The Morgan fingerprint density at radius 3 is 1.29 bits per heavy atom. The monoisotopic (exact) mass is 412 g/mol. The molecule has 0 aromatic heterocycles. The second-order valence-corrected chi connectivity index (χ2v) is 4.66. The molecule has 14 heteroatoms. The van der Waals surface area contributed by atoms with Gasteiger partial charge in [-0.25, -0.2) is 4.99 Å². The van der Waals surface area contributed by atoms with Crippen LogP contribution in [0.1, 0.15) is 32.1 Å². The summed E-state index contributed by atoms with van der Waals surface area (Å²) in [4.78, 5) is 41.6. The van der Waals surface area contributed by atoms with Gasteiger partial charge in [-0.2, -0.15) is 0 Å². The highest BCUT2D eigenvalue weighted by molar-refractivity contribution is 5.79. The van der Waals surface area contributed by atoms with Crippen LogP contribution >= 0.6 is 0 Å². The van der Waals surface area contributed by atoms with Gasteiger partial charge in [-0.15, -0.1) is 0 Å². The van der Waals surface area contributed by atoms with Gasteiger partial charge in [0.15, 0.2) is 5.96 Å². The first-order valence-electron chi connectivity index (χ1n) is 7.97.